The van der Waals surface area contributed by atoms with E-state index in [1.807, 2.05) is 17.5 Å². The molecule has 1 aromatic heterocycles. The normalized spacial score (nSPS) is 10.0. The van der Waals surface area contributed by atoms with Crippen molar-refractivity contribution in [2.45, 2.75) is 6.54 Å². The molecule has 2 aromatic rings. The average molecular weight is 233 g/mol. The number of hydrogen-bond donors (Lipinski definition) is 2. The molecule has 0 aliphatic carbocycles. The van der Waals surface area contributed by atoms with Crippen molar-refractivity contribution in [3.8, 4) is 0 Å². The molecule has 1 aromatic carbocycles. The SMILES string of the molecule is NC(=O)c1cccc(CNc2nccs2)c1. The third kappa shape index (κ3) is 2.58. The van der Waals surface area contributed by atoms with Crippen LogP contribution >= 0.6 is 11.3 Å². The van der Waals surface area contributed by atoms with E-state index in [-0.39, 0.29) is 0 Å². The first-order chi connectivity index (χ1) is 7.75. The second kappa shape index (κ2) is 4.76. The van der Waals surface area contributed by atoms with E-state index in [9.17, 15) is 4.79 Å². The van der Waals surface area contributed by atoms with Gasteiger partial charge in [0.05, 0.1) is 0 Å². The van der Waals surface area contributed by atoms with E-state index in [1.165, 1.54) is 11.3 Å². The zero-order valence-electron chi connectivity index (χ0n) is 8.51. The van der Waals surface area contributed by atoms with Gasteiger partial charge in [-0.1, -0.05) is 12.1 Å². The highest BCUT2D eigenvalue weighted by molar-refractivity contribution is 7.13. The second-order valence-corrected chi connectivity index (χ2v) is 4.15. The highest BCUT2D eigenvalue weighted by atomic mass is 32.1. The minimum absolute atomic E-state index is 0.406. The molecule has 1 heterocycles. The van der Waals surface area contributed by atoms with Crippen molar-refractivity contribution in [2.75, 3.05) is 5.32 Å². The Labute approximate surface area is 97.1 Å². The maximum absolute atomic E-state index is 11.0. The Bertz CT molecular complexity index is 482. The summed E-state index contributed by atoms with van der Waals surface area (Å²) in [5.74, 6) is -0.406. The van der Waals surface area contributed by atoms with Gasteiger partial charge in [0, 0.05) is 23.7 Å². The Balaban J connectivity index is 2.04. The standard InChI is InChI=1S/C11H11N3OS/c12-10(15)9-3-1-2-8(6-9)7-14-11-13-4-5-16-11/h1-6H,7H2,(H2,12,15)(H,13,14). The molecule has 0 unspecified atom stereocenters. The van der Waals surface area contributed by atoms with Crippen LogP contribution in [0.25, 0.3) is 0 Å². The molecule has 3 N–H and O–H groups in total. The molecule has 1 amide bonds. The van der Waals surface area contributed by atoms with Crippen LogP contribution in [0.4, 0.5) is 5.13 Å². The second-order valence-electron chi connectivity index (χ2n) is 3.26. The zero-order valence-corrected chi connectivity index (χ0v) is 9.33. The topological polar surface area (TPSA) is 68.0 Å². The maximum atomic E-state index is 11.0. The van der Waals surface area contributed by atoms with E-state index in [1.54, 1.807) is 18.3 Å². The lowest BCUT2D eigenvalue weighted by Crippen LogP contribution is -2.11. The van der Waals surface area contributed by atoms with Crippen molar-refractivity contribution in [2.24, 2.45) is 5.73 Å². The monoisotopic (exact) mass is 233 g/mol. The van der Waals surface area contributed by atoms with Crippen LogP contribution in [-0.4, -0.2) is 10.9 Å². The summed E-state index contributed by atoms with van der Waals surface area (Å²) in [5.41, 5.74) is 6.74. The van der Waals surface area contributed by atoms with Crippen molar-refractivity contribution in [1.29, 1.82) is 0 Å². The zero-order chi connectivity index (χ0) is 11.4. The number of carbonyl (C=O) groups excluding carboxylic acids is 1. The van der Waals surface area contributed by atoms with Crippen LogP contribution in [0.5, 0.6) is 0 Å². The summed E-state index contributed by atoms with van der Waals surface area (Å²) in [6.45, 7) is 0.634. The van der Waals surface area contributed by atoms with Crippen LogP contribution in [0, 0.1) is 0 Å². The minimum Gasteiger partial charge on any atom is -0.366 e. The molecule has 0 aliphatic heterocycles. The van der Waals surface area contributed by atoms with Gasteiger partial charge in [0.25, 0.3) is 0 Å². The molecule has 0 radical (unpaired) electrons. The molecule has 0 spiro atoms. The third-order valence-electron chi connectivity index (χ3n) is 2.09. The highest BCUT2D eigenvalue weighted by Crippen LogP contribution is 2.12. The van der Waals surface area contributed by atoms with Gasteiger partial charge in [0.15, 0.2) is 5.13 Å². The number of nitrogens with one attached hydrogen (secondary N) is 1. The number of benzene rings is 1. The molecule has 5 heteroatoms. The molecule has 0 atom stereocenters. The maximum Gasteiger partial charge on any atom is 0.248 e. The van der Waals surface area contributed by atoms with Gasteiger partial charge in [-0.3, -0.25) is 4.79 Å². The van der Waals surface area contributed by atoms with E-state index in [0.29, 0.717) is 12.1 Å². The van der Waals surface area contributed by atoms with Gasteiger partial charge in [0.1, 0.15) is 0 Å². The van der Waals surface area contributed by atoms with E-state index < -0.39 is 5.91 Å². The van der Waals surface area contributed by atoms with Gasteiger partial charge >= 0.3 is 0 Å². The van der Waals surface area contributed by atoms with Crippen molar-refractivity contribution >= 4 is 22.4 Å². The fourth-order valence-corrected chi connectivity index (χ4v) is 1.85. The quantitative estimate of drug-likeness (QED) is 0.846. The summed E-state index contributed by atoms with van der Waals surface area (Å²) in [6, 6.07) is 7.24. The summed E-state index contributed by atoms with van der Waals surface area (Å²) in [5, 5.41) is 5.93. The molecule has 4 nitrogen and oxygen atoms in total. The Kier molecular flexibility index (Phi) is 3.16. The summed E-state index contributed by atoms with van der Waals surface area (Å²) in [7, 11) is 0. The predicted octanol–water partition coefficient (Wildman–Crippen LogP) is 1.85. The molecule has 82 valence electrons. The Morgan fingerprint density at radius 3 is 3.06 bits per heavy atom. The lowest BCUT2D eigenvalue weighted by Gasteiger charge is -2.04. The Hall–Kier alpha value is -1.88. The first kappa shape index (κ1) is 10.6. The number of carbonyl (C=O) groups is 1. The number of rotatable bonds is 4. The molecule has 0 saturated carbocycles. The van der Waals surface area contributed by atoms with Crippen molar-refractivity contribution in [3.63, 3.8) is 0 Å². The van der Waals surface area contributed by atoms with Crippen LogP contribution in [0.1, 0.15) is 15.9 Å². The fraction of sp³-hybridized carbons (Fsp3) is 0.0909. The van der Waals surface area contributed by atoms with Gasteiger partial charge in [-0.05, 0) is 17.7 Å². The number of amides is 1. The highest BCUT2D eigenvalue weighted by Gasteiger charge is 2.01. The number of hydrogen-bond acceptors (Lipinski definition) is 4. The summed E-state index contributed by atoms with van der Waals surface area (Å²) in [4.78, 5) is 15.1. The first-order valence-electron chi connectivity index (χ1n) is 4.78. The summed E-state index contributed by atoms with van der Waals surface area (Å²) >= 11 is 1.54. The van der Waals surface area contributed by atoms with Crippen molar-refractivity contribution in [3.05, 3.63) is 47.0 Å². The third-order valence-corrected chi connectivity index (χ3v) is 2.82. The Morgan fingerprint density at radius 2 is 2.38 bits per heavy atom. The lowest BCUT2D eigenvalue weighted by molar-refractivity contribution is 0.1000. The smallest absolute Gasteiger partial charge is 0.248 e. The molecule has 0 fully saturated rings. The predicted molar refractivity (Wildman–Crippen MR) is 64.4 cm³/mol. The van der Waals surface area contributed by atoms with Crippen LogP contribution < -0.4 is 11.1 Å². The van der Waals surface area contributed by atoms with E-state index >= 15 is 0 Å². The summed E-state index contributed by atoms with van der Waals surface area (Å²) < 4.78 is 0. The molecule has 0 bridgehead atoms. The minimum atomic E-state index is -0.406. The van der Waals surface area contributed by atoms with E-state index in [0.717, 1.165) is 10.7 Å². The van der Waals surface area contributed by atoms with E-state index in [2.05, 4.69) is 10.3 Å². The van der Waals surface area contributed by atoms with Crippen LogP contribution in [0.2, 0.25) is 0 Å². The van der Waals surface area contributed by atoms with Gasteiger partial charge in [-0.25, -0.2) is 4.98 Å². The Morgan fingerprint density at radius 1 is 1.50 bits per heavy atom. The number of aromatic nitrogens is 1. The average Bonchev–Trinajstić information content (AvgIpc) is 2.79. The number of anilines is 1. The van der Waals surface area contributed by atoms with Gasteiger partial charge in [-0.2, -0.15) is 0 Å². The van der Waals surface area contributed by atoms with Crippen LogP contribution in [0.15, 0.2) is 35.8 Å². The largest absolute Gasteiger partial charge is 0.366 e. The summed E-state index contributed by atoms with van der Waals surface area (Å²) in [6.07, 6.45) is 1.74. The molecular weight excluding hydrogens is 222 g/mol. The molecule has 0 aliphatic rings. The van der Waals surface area contributed by atoms with E-state index in [4.69, 9.17) is 5.73 Å². The van der Waals surface area contributed by atoms with Gasteiger partial charge < -0.3 is 11.1 Å². The number of nitrogens with two attached hydrogens (primary N) is 1. The number of nitrogens with zero attached hydrogens (tertiary/aromatic N) is 1. The molecule has 16 heavy (non-hydrogen) atoms. The number of primary amides is 1. The van der Waals surface area contributed by atoms with Crippen LogP contribution in [-0.2, 0) is 6.54 Å². The lowest BCUT2D eigenvalue weighted by atomic mass is 10.1. The van der Waals surface area contributed by atoms with Crippen LogP contribution in [0.3, 0.4) is 0 Å². The fourth-order valence-electron chi connectivity index (χ4n) is 1.32. The van der Waals surface area contributed by atoms with Crippen molar-refractivity contribution in [1.82, 2.24) is 4.98 Å². The molecule has 2 rings (SSSR count). The number of thiazole rings is 1. The molecule has 0 saturated heterocycles. The van der Waals surface area contributed by atoms with Gasteiger partial charge in [0.2, 0.25) is 5.91 Å². The van der Waals surface area contributed by atoms with Gasteiger partial charge in [-0.15, -0.1) is 11.3 Å². The molecular formula is C11H11N3OS. The first-order valence-corrected chi connectivity index (χ1v) is 5.66. The van der Waals surface area contributed by atoms with Crippen molar-refractivity contribution < 1.29 is 4.79 Å².